The molecule has 0 bridgehead atoms. The van der Waals surface area contributed by atoms with Crippen LogP contribution in [0.25, 0.3) is 16.7 Å². The molecule has 6 heteroatoms. The predicted octanol–water partition coefficient (Wildman–Crippen LogP) is 6.28. The molecule has 1 unspecified atom stereocenters. The number of nitrogens with zero attached hydrogens (tertiary/aromatic N) is 1. The number of carbonyl (C=O) groups excluding carboxylic acids is 2. The SMILES string of the molecule is Cc1cccc(C2/C(=C(/O)c3c[nH]c4ccccc34)C(=O)C(=O)N2Cc2ccc(OC(C)(C)C)cc2)c1. The van der Waals surface area contributed by atoms with E-state index in [9.17, 15) is 14.7 Å². The van der Waals surface area contributed by atoms with Gasteiger partial charge >= 0.3 is 0 Å². The third-order valence-corrected chi connectivity index (χ3v) is 6.44. The molecule has 1 aliphatic heterocycles. The van der Waals surface area contributed by atoms with Crippen LogP contribution in [-0.4, -0.2) is 32.3 Å². The molecule has 5 rings (SSSR count). The molecule has 0 saturated carbocycles. The highest BCUT2D eigenvalue weighted by Gasteiger charge is 2.46. The summed E-state index contributed by atoms with van der Waals surface area (Å²) < 4.78 is 5.92. The third-order valence-electron chi connectivity index (χ3n) is 6.44. The number of rotatable bonds is 5. The van der Waals surface area contributed by atoms with Crippen LogP contribution in [0.3, 0.4) is 0 Å². The molecule has 6 nitrogen and oxygen atoms in total. The van der Waals surface area contributed by atoms with Crippen molar-refractivity contribution in [2.24, 2.45) is 0 Å². The highest BCUT2D eigenvalue weighted by Crippen LogP contribution is 2.41. The number of aliphatic hydroxyl groups is 1. The van der Waals surface area contributed by atoms with Gasteiger partial charge in [0, 0.05) is 29.2 Å². The van der Waals surface area contributed by atoms with Gasteiger partial charge in [0.05, 0.1) is 11.6 Å². The molecule has 1 aliphatic rings. The van der Waals surface area contributed by atoms with Gasteiger partial charge in [-0.2, -0.15) is 0 Å². The van der Waals surface area contributed by atoms with Crippen molar-refractivity contribution in [3.8, 4) is 5.75 Å². The Kier molecular flexibility index (Phi) is 6.12. The molecule has 0 spiro atoms. The van der Waals surface area contributed by atoms with E-state index in [2.05, 4.69) is 4.98 Å². The van der Waals surface area contributed by atoms with E-state index in [1.165, 1.54) is 4.90 Å². The summed E-state index contributed by atoms with van der Waals surface area (Å²) in [6, 6.07) is 22.0. The van der Waals surface area contributed by atoms with E-state index in [0.29, 0.717) is 5.56 Å². The number of aryl methyl sites for hydroxylation is 1. The summed E-state index contributed by atoms with van der Waals surface area (Å²) in [6.45, 7) is 8.12. The van der Waals surface area contributed by atoms with Crippen molar-refractivity contribution in [2.45, 2.75) is 45.9 Å². The molecule has 2 N–H and O–H groups in total. The maximum Gasteiger partial charge on any atom is 0.295 e. The minimum Gasteiger partial charge on any atom is -0.507 e. The summed E-state index contributed by atoms with van der Waals surface area (Å²) in [4.78, 5) is 31.5. The van der Waals surface area contributed by atoms with Gasteiger partial charge < -0.3 is 19.7 Å². The average Bonchev–Trinajstić information content (AvgIpc) is 3.39. The van der Waals surface area contributed by atoms with Crippen LogP contribution in [0.1, 0.15) is 49.1 Å². The summed E-state index contributed by atoms with van der Waals surface area (Å²) in [5.74, 6) is -0.781. The van der Waals surface area contributed by atoms with E-state index in [4.69, 9.17) is 4.74 Å². The maximum absolute atomic E-state index is 13.4. The molecular formula is C31H30N2O4. The molecular weight excluding hydrogens is 464 g/mol. The van der Waals surface area contributed by atoms with Crippen molar-refractivity contribution in [1.29, 1.82) is 0 Å². The lowest BCUT2D eigenvalue weighted by atomic mass is 9.94. The Bertz CT molecular complexity index is 1520. The van der Waals surface area contributed by atoms with Crippen LogP contribution < -0.4 is 4.74 Å². The second kappa shape index (κ2) is 9.28. The van der Waals surface area contributed by atoms with Crippen molar-refractivity contribution >= 4 is 28.4 Å². The van der Waals surface area contributed by atoms with Gasteiger partial charge in [-0.25, -0.2) is 0 Å². The van der Waals surface area contributed by atoms with Crippen molar-refractivity contribution in [1.82, 2.24) is 9.88 Å². The number of para-hydroxylation sites is 1. The molecule has 2 heterocycles. The zero-order valence-corrected chi connectivity index (χ0v) is 21.4. The van der Waals surface area contributed by atoms with E-state index in [-0.39, 0.29) is 23.5 Å². The Labute approximate surface area is 216 Å². The van der Waals surface area contributed by atoms with Gasteiger partial charge in [0.25, 0.3) is 11.7 Å². The van der Waals surface area contributed by atoms with Crippen LogP contribution in [0.2, 0.25) is 0 Å². The molecule has 1 atom stereocenters. The van der Waals surface area contributed by atoms with Crippen LogP contribution in [0.4, 0.5) is 0 Å². The number of aromatic amines is 1. The Morgan fingerprint density at radius 1 is 1.00 bits per heavy atom. The van der Waals surface area contributed by atoms with Crippen molar-refractivity contribution in [3.63, 3.8) is 0 Å². The Hall–Kier alpha value is -4.32. The standard InChI is InChI=1S/C31H30N2O4/c1-19-8-7-9-21(16-19)27-26(28(34)24-17-32-25-11-6-5-10-23(24)25)29(35)30(36)33(27)18-20-12-14-22(15-13-20)37-31(2,3)4/h5-17,27,32,34H,18H2,1-4H3/b28-26-. The van der Waals surface area contributed by atoms with Crippen molar-refractivity contribution < 1.29 is 19.4 Å². The van der Waals surface area contributed by atoms with Gasteiger partial charge in [-0.05, 0) is 57.0 Å². The summed E-state index contributed by atoms with van der Waals surface area (Å²) in [5.41, 5.74) is 3.72. The van der Waals surface area contributed by atoms with E-state index in [1.807, 2.05) is 100 Å². The number of aromatic nitrogens is 1. The molecule has 1 amide bonds. The molecule has 37 heavy (non-hydrogen) atoms. The molecule has 188 valence electrons. The number of nitrogens with one attached hydrogen (secondary N) is 1. The first kappa shape index (κ1) is 24.4. The fraction of sp³-hybridized carbons (Fsp3) is 0.226. The number of hydrogen-bond donors (Lipinski definition) is 2. The average molecular weight is 495 g/mol. The number of fused-ring (bicyclic) bond motifs is 1. The second-order valence-electron chi connectivity index (χ2n) is 10.4. The number of H-pyrrole nitrogens is 1. The number of likely N-dealkylation sites (tertiary alicyclic amines) is 1. The monoisotopic (exact) mass is 494 g/mol. The van der Waals surface area contributed by atoms with Gasteiger partial charge in [0.2, 0.25) is 0 Å². The second-order valence-corrected chi connectivity index (χ2v) is 10.4. The third kappa shape index (κ3) is 4.75. The first-order valence-corrected chi connectivity index (χ1v) is 12.3. The molecule has 1 saturated heterocycles. The van der Waals surface area contributed by atoms with E-state index < -0.39 is 17.7 Å². The molecule has 3 aromatic carbocycles. The topological polar surface area (TPSA) is 82.6 Å². The van der Waals surface area contributed by atoms with Crippen LogP contribution in [0, 0.1) is 6.92 Å². The van der Waals surface area contributed by atoms with Gasteiger partial charge in [-0.3, -0.25) is 9.59 Å². The molecule has 1 fully saturated rings. The quantitative estimate of drug-likeness (QED) is 0.194. The number of benzene rings is 3. The number of ether oxygens (including phenoxy) is 1. The van der Waals surface area contributed by atoms with Crippen molar-refractivity contribution in [3.05, 3.63) is 107 Å². The zero-order chi connectivity index (χ0) is 26.3. The van der Waals surface area contributed by atoms with Gasteiger partial charge in [-0.15, -0.1) is 0 Å². The largest absolute Gasteiger partial charge is 0.507 e. The first-order valence-electron chi connectivity index (χ1n) is 12.3. The molecule has 1 aromatic heterocycles. The normalized spacial score (nSPS) is 17.5. The minimum absolute atomic E-state index is 0.0908. The zero-order valence-electron chi connectivity index (χ0n) is 21.4. The summed E-state index contributed by atoms with van der Waals surface area (Å²) in [5, 5.41) is 12.2. The lowest BCUT2D eigenvalue weighted by Crippen LogP contribution is -2.29. The fourth-order valence-corrected chi connectivity index (χ4v) is 4.86. The van der Waals surface area contributed by atoms with Crippen LogP contribution in [-0.2, 0) is 16.1 Å². The Morgan fingerprint density at radius 2 is 1.73 bits per heavy atom. The molecule has 4 aromatic rings. The van der Waals surface area contributed by atoms with Gasteiger partial charge in [0.1, 0.15) is 17.1 Å². The smallest absolute Gasteiger partial charge is 0.295 e. The summed E-state index contributed by atoms with van der Waals surface area (Å²) in [6.07, 6.45) is 1.68. The number of ketones is 1. The first-order chi connectivity index (χ1) is 17.6. The highest BCUT2D eigenvalue weighted by atomic mass is 16.5. The predicted molar refractivity (Wildman–Crippen MR) is 144 cm³/mol. The van der Waals surface area contributed by atoms with Crippen LogP contribution in [0.5, 0.6) is 5.75 Å². The number of carbonyl (C=O) groups is 2. The number of amides is 1. The van der Waals surface area contributed by atoms with E-state index in [1.54, 1.807) is 6.20 Å². The van der Waals surface area contributed by atoms with Crippen LogP contribution >= 0.6 is 0 Å². The van der Waals surface area contributed by atoms with Crippen LogP contribution in [0.15, 0.2) is 84.6 Å². The van der Waals surface area contributed by atoms with Crippen molar-refractivity contribution in [2.75, 3.05) is 0 Å². The lowest BCUT2D eigenvalue weighted by molar-refractivity contribution is -0.140. The van der Waals surface area contributed by atoms with Gasteiger partial charge in [0.15, 0.2) is 0 Å². The molecule has 0 aliphatic carbocycles. The summed E-state index contributed by atoms with van der Waals surface area (Å²) in [7, 11) is 0. The number of hydrogen-bond acceptors (Lipinski definition) is 4. The number of Topliss-reactive ketones (excluding diaryl/α,β-unsaturated/α-hetero) is 1. The lowest BCUT2D eigenvalue weighted by Gasteiger charge is -2.26. The molecule has 0 radical (unpaired) electrons. The Balaban J connectivity index is 1.59. The van der Waals surface area contributed by atoms with Gasteiger partial charge in [-0.1, -0.05) is 60.2 Å². The summed E-state index contributed by atoms with van der Waals surface area (Å²) >= 11 is 0. The highest BCUT2D eigenvalue weighted by molar-refractivity contribution is 6.46. The minimum atomic E-state index is -0.723. The van der Waals surface area contributed by atoms with E-state index in [0.717, 1.165) is 33.3 Å². The Morgan fingerprint density at radius 3 is 2.43 bits per heavy atom. The van der Waals surface area contributed by atoms with E-state index >= 15 is 0 Å². The maximum atomic E-state index is 13.4. The number of aliphatic hydroxyl groups excluding tert-OH is 1. The fourth-order valence-electron chi connectivity index (χ4n) is 4.86.